The van der Waals surface area contributed by atoms with Crippen LogP contribution in [-0.2, 0) is 0 Å². The highest BCUT2D eigenvalue weighted by Crippen LogP contribution is 2.48. The third-order valence-corrected chi connectivity index (χ3v) is 14.6. The third-order valence-electron chi connectivity index (χ3n) is 13.4. The fourth-order valence-electron chi connectivity index (χ4n) is 10.7. The molecule has 0 fully saturated rings. The maximum absolute atomic E-state index is 2.54. The van der Waals surface area contributed by atoms with Gasteiger partial charge in [-0.05, 0) is 96.1 Å². The Balaban J connectivity index is 1.10. The minimum Gasteiger partial charge on any atom is -0.309 e. The molecule has 0 aliphatic carbocycles. The van der Waals surface area contributed by atoms with Gasteiger partial charge in [0.15, 0.2) is 0 Å². The normalized spacial score (nSPS) is 12.1. The van der Waals surface area contributed by atoms with E-state index in [1.54, 1.807) is 0 Å². The predicted octanol–water partition coefficient (Wildman–Crippen LogP) is 16.7. The molecule has 0 saturated carbocycles. The summed E-state index contributed by atoms with van der Waals surface area (Å²) < 4.78 is 10.0. The maximum atomic E-state index is 2.54. The second kappa shape index (κ2) is 13.7. The Morgan fingerprint density at radius 1 is 0.281 bits per heavy atom. The molecule has 0 radical (unpaired) electrons. The lowest BCUT2D eigenvalue weighted by molar-refractivity contribution is 1.17. The molecule has 0 bridgehead atoms. The molecule has 3 nitrogen and oxygen atoms in total. The first-order valence-electron chi connectivity index (χ1n) is 21.9. The fraction of sp³-hybridized carbons (Fsp3) is 0. The molecule has 64 heavy (non-hydrogen) atoms. The van der Waals surface area contributed by atoms with Gasteiger partial charge >= 0.3 is 0 Å². The second-order valence-electron chi connectivity index (χ2n) is 16.8. The second-order valence-corrected chi connectivity index (χ2v) is 17.9. The molecule has 0 amide bonds. The number of nitrogens with zero attached hydrogens (tertiary/aromatic N) is 3. The molecule has 4 heterocycles. The molecule has 10 aromatic carbocycles. The highest BCUT2D eigenvalue weighted by molar-refractivity contribution is 7.25. The van der Waals surface area contributed by atoms with Crippen LogP contribution in [0.2, 0.25) is 0 Å². The molecular formula is C60H37N3S. The summed E-state index contributed by atoms with van der Waals surface area (Å²) in [5.74, 6) is 0. The quantitative estimate of drug-likeness (QED) is 0.164. The predicted molar refractivity (Wildman–Crippen MR) is 273 cm³/mol. The number of rotatable bonds is 5. The Kier molecular flexibility index (Phi) is 7.56. The van der Waals surface area contributed by atoms with Crippen molar-refractivity contribution in [2.75, 3.05) is 0 Å². The van der Waals surface area contributed by atoms with E-state index in [1.165, 1.54) is 108 Å². The van der Waals surface area contributed by atoms with Crippen LogP contribution in [0.25, 0.3) is 125 Å². The third kappa shape index (κ3) is 5.03. The van der Waals surface area contributed by atoms with Crippen LogP contribution in [0, 0.1) is 0 Å². The van der Waals surface area contributed by atoms with Crippen LogP contribution in [0.15, 0.2) is 224 Å². The van der Waals surface area contributed by atoms with Crippen molar-refractivity contribution >= 4 is 96.9 Å². The van der Waals surface area contributed by atoms with E-state index in [-0.39, 0.29) is 0 Å². The molecule has 0 saturated heterocycles. The van der Waals surface area contributed by atoms with E-state index in [1.807, 2.05) is 11.3 Å². The van der Waals surface area contributed by atoms with Crippen molar-refractivity contribution in [3.8, 4) is 39.3 Å². The molecule has 0 aliphatic rings. The first-order valence-corrected chi connectivity index (χ1v) is 22.7. The standard InChI is InChI=1S/C60H37N3S/c1-3-17-40(18-4-1)61-51-27-13-8-22-43(51)48-35-38(31-33-54(48)61)42-21-7-12-26-50(42)63-53-29-15-9-24-45(53)58-55(63)37-47(39-32-34-57-49(36-39)44-23-11-16-30-56(44)64-57)60-59(58)46-25-10-14-28-52(46)62(60)41-19-5-2-6-20-41/h1-37H. The Labute approximate surface area is 372 Å². The fourth-order valence-corrected chi connectivity index (χ4v) is 11.8. The number of fused-ring (bicyclic) bond motifs is 13. The van der Waals surface area contributed by atoms with E-state index in [0.717, 1.165) is 17.1 Å². The number of benzene rings is 10. The summed E-state index contributed by atoms with van der Waals surface area (Å²) in [6.45, 7) is 0. The lowest BCUT2D eigenvalue weighted by Gasteiger charge is -2.16. The summed E-state index contributed by atoms with van der Waals surface area (Å²) >= 11 is 1.87. The summed E-state index contributed by atoms with van der Waals surface area (Å²) in [5, 5.41) is 10.1. The zero-order chi connectivity index (χ0) is 41.9. The van der Waals surface area contributed by atoms with Crippen molar-refractivity contribution in [3.63, 3.8) is 0 Å². The van der Waals surface area contributed by atoms with Crippen molar-refractivity contribution in [1.29, 1.82) is 0 Å². The first-order chi connectivity index (χ1) is 31.8. The van der Waals surface area contributed by atoms with Gasteiger partial charge in [0, 0.05) is 75.0 Å². The number of hydrogen-bond donors (Lipinski definition) is 0. The summed E-state index contributed by atoms with van der Waals surface area (Å²) in [4.78, 5) is 0. The van der Waals surface area contributed by atoms with Gasteiger partial charge in [-0.15, -0.1) is 11.3 Å². The van der Waals surface area contributed by atoms with Crippen molar-refractivity contribution in [1.82, 2.24) is 13.7 Å². The zero-order valence-corrected chi connectivity index (χ0v) is 35.4. The topological polar surface area (TPSA) is 14.8 Å². The van der Waals surface area contributed by atoms with E-state index in [9.17, 15) is 0 Å². The summed E-state index contributed by atoms with van der Waals surface area (Å²) in [7, 11) is 0. The smallest absolute Gasteiger partial charge is 0.0627 e. The maximum Gasteiger partial charge on any atom is 0.0627 e. The van der Waals surface area contributed by atoms with Crippen molar-refractivity contribution in [2.45, 2.75) is 0 Å². The summed E-state index contributed by atoms with van der Waals surface area (Å²) in [6.07, 6.45) is 0. The van der Waals surface area contributed by atoms with Gasteiger partial charge in [-0.25, -0.2) is 0 Å². The number of aromatic nitrogens is 3. The van der Waals surface area contributed by atoms with Gasteiger partial charge in [-0.2, -0.15) is 0 Å². The Hall–Kier alpha value is -8.18. The molecular weight excluding hydrogens is 795 g/mol. The average Bonchev–Trinajstić information content (AvgIpc) is 4.10. The van der Waals surface area contributed by atoms with Crippen LogP contribution in [0.1, 0.15) is 0 Å². The summed E-state index contributed by atoms with van der Waals surface area (Å²) in [5.41, 5.74) is 15.4. The Bertz CT molecular complexity index is 4180. The average molecular weight is 832 g/mol. The zero-order valence-electron chi connectivity index (χ0n) is 34.6. The van der Waals surface area contributed by atoms with Gasteiger partial charge in [0.25, 0.3) is 0 Å². The number of thiophene rings is 1. The van der Waals surface area contributed by atoms with Gasteiger partial charge < -0.3 is 13.7 Å². The highest BCUT2D eigenvalue weighted by atomic mass is 32.1. The molecule has 0 unspecified atom stereocenters. The molecule has 298 valence electrons. The highest BCUT2D eigenvalue weighted by Gasteiger charge is 2.25. The van der Waals surface area contributed by atoms with Gasteiger partial charge in [0.1, 0.15) is 0 Å². The van der Waals surface area contributed by atoms with Gasteiger partial charge in [0.05, 0.1) is 38.8 Å². The Morgan fingerprint density at radius 3 is 1.56 bits per heavy atom. The van der Waals surface area contributed by atoms with Crippen LogP contribution in [-0.4, -0.2) is 13.7 Å². The molecule has 0 atom stereocenters. The minimum atomic E-state index is 1.15. The molecule has 0 N–H and O–H groups in total. The van der Waals surface area contributed by atoms with Gasteiger partial charge in [0.2, 0.25) is 0 Å². The summed E-state index contributed by atoms with van der Waals surface area (Å²) in [6, 6.07) is 82.8. The van der Waals surface area contributed by atoms with E-state index >= 15 is 0 Å². The van der Waals surface area contributed by atoms with Crippen molar-refractivity contribution in [3.05, 3.63) is 224 Å². The van der Waals surface area contributed by atoms with Gasteiger partial charge in [-0.1, -0.05) is 140 Å². The van der Waals surface area contributed by atoms with E-state index in [4.69, 9.17) is 0 Å². The Morgan fingerprint density at radius 2 is 0.797 bits per heavy atom. The van der Waals surface area contributed by atoms with Crippen molar-refractivity contribution < 1.29 is 0 Å². The van der Waals surface area contributed by atoms with Crippen LogP contribution in [0.5, 0.6) is 0 Å². The molecule has 14 rings (SSSR count). The molecule has 0 spiro atoms. The number of para-hydroxylation sites is 6. The molecule has 4 heteroatoms. The minimum absolute atomic E-state index is 1.15. The van der Waals surface area contributed by atoms with E-state index in [2.05, 4.69) is 238 Å². The van der Waals surface area contributed by atoms with Gasteiger partial charge in [-0.3, -0.25) is 0 Å². The SMILES string of the molecule is c1ccc(-n2c3ccccc3c3cc(-c4ccccc4-n4c5ccccc5c5c6c7ccccc7n(-c7ccccc7)c6c(-c6ccc7sc8ccccc8c7c6)cc54)ccc32)cc1. The number of hydrogen-bond acceptors (Lipinski definition) is 1. The lowest BCUT2D eigenvalue weighted by Crippen LogP contribution is -1.99. The molecule has 14 aromatic rings. The van der Waals surface area contributed by atoms with E-state index < -0.39 is 0 Å². The molecule has 4 aromatic heterocycles. The molecule has 0 aliphatic heterocycles. The van der Waals surface area contributed by atoms with Crippen LogP contribution in [0.3, 0.4) is 0 Å². The van der Waals surface area contributed by atoms with Crippen LogP contribution >= 0.6 is 11.3 Å². The van der Waals surface area contributed by atoms with Crippen molar-refractivity contribution in [2.24, 2.45) is 0 Å². The largest absolute Gasteiger partial charge is 0.309 e. The van der Waals surface area contributed by atoms with Crippen LogP contribution in [0.4, 0.5) is 0 Å². The van der Waals surface area contributed by atoms with Crippen LogP contribution < -0.4 is 0 Å². The monoisotopic (exact) mass is 831 g/mol. The lowest BCUT2D eigenvalue weighted by atomic mass is 9.96. The van der Waals surface area contributed by atoms with E-state index in [0.29, 0.717) is 0 Å². The first kappa shape index (κ1) is 35.4.